The first-order chi connectivity index (χ1) is 5.40. The molecule has 0 aliphatic heterocycles. The average molecular weight is 182 g/mol. The molecule has 62 valence electrons. The number of benzene rings is 1. The van der Waals surface area contributed by atoms with Gasteiger partial charge in [0.2, 0.25) is 0 Å². The lowest BCUT2D eigenvalue weighted by molar-refractivity contribution is 0.112. The Morgan fingerprint density at radius 2 is 2.08 bits per heavy atom. The molecule has 12 heavy (non-hydrogen) atoms. The Morgan fingerprint density at radius 3 is 2.83 bits per heavy atom. The van der Waals surface area contributed by atoms with E-state index in [4.69, 9.17) is 0 Å². The van der Waals surface area contributed by atoms with Crippen molar-refractivity contribution in [2.45, 2.75) is 0 Å². The highest BCUT2D eigenvalue weighted by molar-refractivity contribution is 5.86. The molecule has 0 radical (unpaired) electrons. The lowest BCUT2D eigenvalue weighted by Gasteiger charge is -1.89. The summed E-state index contributed by atoms with van der Waals surface area (Å²) in [6, 6.07) is 7.55. The van der Waals surface area contributed by atoms with Crippen molar-refractivity contribution in [3.63, 3.8) is 0 Å². The Bertz CT molecular complexity index is 394. The number of carbonyl (C=O) groups is 1. The first-order valence-corrected chi connectivity index (χ1v) is 3.42. The van der Waals surface area contributed by atoms with Gasteiger partial charge in [-0.25, -0.2) is 0 Å². The molecule has 0 saturated heterocycles. The third-order valence-corrected chi connectivity index (χ3v) is 1.72. The Kier molecular flexibility index (Phi) is 2.51. The fraction of sp³-hybridized carbons (Fsp3) is 0. The molecule has 0 atom stereocenters. The number of halogens is 1. The van der Waals surface area contributed by atoms with Crippen LogP contribution in [0.5, 0.6) is 0 Å². The third kappa shape index (κ3) is 1.34. The van der Waals surface area contributed by atoms with Crippen molar-refractivity contribution in [3.8, 4) is 0 Å². The normalized spacial score (nSPS) is 9.33. The van der Waals surface area contributed by atoms with Crippen LogP contribution in [0.25, 0.3) is 10.9 Å². The molecule has 1 N–H and O–H groups in total. The molecule has 1 aromatic carbocycles. The molecule has 0 unspecified atom stereocenters. The van der Waals surface area contributed by atoms with E-state index in [1.807, 2.05) is 30.5 Å². The summed E-state index contributed by atoms with van der Waals surface area (Å²) in [4.78, 5) is 13.4. The van der Waals surface area contributed by atoms with Crippen LogP contribution >= 0.6 is 12.4 Å². The van der Waals surface area contributed by atoms with Crippen LogP contribution < -0.4 is 0 Å². The molecule has 2 rings (SSSR count). The van der Waals surface area contributed by atoms with Gasteiger partial charge in [0.1, 0.15) is 6.29 Å². The van der Waals surface area contributed by atoms with Crippen molar-refractivity contribution in [2.75, 3.05) is 0 Å². The zero-order valence-corrected chi connectivity index (χ0v) is 7.10. The van der Waals surface area contributed by atoms with Crippen LogP contribution in [-0.2, 0) is 0 Å². The molecule has 1 aromatic heterocycles. The highest BCUT2D eigenvalue weighted by atomic mass is 35.5. The number of aldehydes is 1. The number of fused-ring (bicyclic) bond motifs is 1. The molecule has 1 heterocycles. The van der Waals surface area contributed by atoms with E-state index in [0.717, 1.165) is 17.2 Å². The van der Waals surface area contributed by atoms with Crippen LogP contribution in [0.3, 0.4) is 0 Å². The summed E-state index contributed by atoms with van der Waals surface area (Å²) in [6.45, 7) is 0. The SMILES string of the molecule is Cl.O=Cc1ccc2cc[nH]c2c1. The van der Waals surface area contributed by atoms with E-state index in [0.29, 0.717) is 5.56 Å². The van der Waals surface area contributed by atoms with Gasteiger partial charge in [-0.3, -0.25) is 4.79 Å². The molecule has 2 nitrogen and oxygen atoms in total. The maximum absolute atomic E-state index is 10.4. The lowest BCUT2D eigenvalue weighted by atomic mass is 10.2. The molecule has 0 spiro atoms. The highest BCUT2D eigenvalue weighted by Crippen LogP contribution is 2.12. The van der Waals surface area contributed by atoms with Gasteiger partial charge in [-0.1, -0.05) is 12.1 Å². The van der Waals surface area contributed by atoms with Crippen molar-refractivity contribution in [1.29, 1.82) is 0 Å². The number of aromatic amines is 1. The lowest BCUT2D eigenvalue weighted by Crippen LogP contribution is -1.77. The number of nitrogens with one attached hydrogen (secondary N) is 1. The van der Waals surface area contributed by atoms with Gasteiger partial charge in [0.15, 0.2) is 0 Å². The van der Waals surface area contributed by atoms with Gasteiger partial charge in [-0.2, -0.15) is 0 Å². The van der Waals surface area contributed by atoms with Gasteiger partial charge in [-0.05, 0) is 17.5 Å². The fourth-order valence-corrected chi connectivity index (χ4v) is 1.14. The first-order valence-electron chi connectivity index (χ1n) is 3.42. The van der Waals surface area contributed by atoms with E-state index in [1.165, 1.54) is 0 Å². The van der Waals surface area contributed by atoms with Gasteiger partial charge < -0.3 is 4.98 Å². The summed E-state index contributed by atoms with van der Waals surface area (Å²) in [6.07, 6.45) is 2.71. The van der Waals surface area contributed by atoms with Crippen LogP contribution in [0.4, 0.5) is 0 Å². The Hall–Kier alpha value is -1.28. The Balaban J connectivity index is 0.000000720. The van der Waals surface area contributed by atoms with Crippen molar-refractivity contribution in [3.05, 3.63) is 36.0 Å². The van der Waals surface area contributed by atoms with Crippen LogP contribution in [0, 0.1) is 0 Å². The average Bonchev–Trinajstić information content (AvgIpc) is 2.50. The maximum atomic E-state index is 10.4. The largest absolute Gasteiger partial charge is 0.361 e. The van der Waals surface area contributed by atoms with Crippen molar-refractivity contribution >= 4 is 29.6 Å². The molecule has 0 amide bonds. The molecule has 0 aliphatic rings. The van der Waals surface area contributed by atoms with E-state index in [-0.39, 0.29) is 12.4 Å². The van der Waals surface area contributed by atoms with Crippen molar-refractivity contribution < 1.29 is 4.79 Å². The first kappa shape index (κ1) is 8.81. The summed E-state index contributed by atoms with van der Waals surface area (Å²) in [7, 11) is 0. The second-order valence-corrected chi connectivity index (χ2v) is 2.44. The number of rotatable bonds is 1. The van der Waals surface area contributed by atoms with Gasteiger partial charge in [-0.15, -0.1) is 12.4 Å². The fourth-order valence-electron chi connectivity index (χ4n) is 1.14. The molecule has 2 aromatic rings. The number of H-pyrrole nitrogens is 1. The molecular formula is C9H8ClNO. The quantitative estimate of drug-likeness (QED) is 0.674. The minimum atomic E-state index is 0. The van der Waals surface area contributed by atoms with Gasteiger partial charge in [0.05, 0.1) is 0 Å². The Morgan fingerprint density at radius 1 is 1.25 bits per heavy atom. The summed E-state index contributed by atoms with van der Waals surface area (Å²) in [5.74, 6) is 0. The van der Waals surface area contributed by atoms with Crippen LogP contribution in [0.1, 0.15) is 10.4 Å². The van der Waals surface area contributed by atoms with Gasteiger partial charge >= 0.3 is 0 Å². The maximum Gasteiger partial charge on any atom is 0.150 e. The predicted octanol–water partition coefficient (Wildman–Crippen LogP) is 2.40. The minimum Gasteiger partial charge on any atom is -0.361 e. The standard InChI is InChI=1S/C9H7NO.ClH/c11-6-7-1-2-8-3-4-10-9(8)5-7;/h1-6,10H;1H. The molecule has 0 aliphatic carbocycles. The number of aromatic nitrogens is 1. The second-order valence-electron chi connectivity index (χ2n) is 2.44. The minimum absolute atomic E-state index is 0. The molecular weight excluding hydrogens is 174 g/mol. The van der Waals surface area contributed by atoms with Crippen molar-refractivity contribution in [2.24, 2.45) is 0 Å². The predicted molar refractivity (Wildman–Crippen MR) is 50.9 cm³/mol. The summed E-state index contributed by atoms with van der Waals surface area (Å²) in [5.41, 5.74) is 1.72. The third-order valence-electron chi connectivity index (χ3n) is 1.72. The molecule has 3 heteroatoms. The van der Waals surface area contributed by atoms with E-state index >= 15 is 0 Å². The Labute approximate surface area is 76.0 Å². The van der Waals surface area contributed by atoms with E-state index in [9.17, 15) is 4.79 Å². The number of carbonyl (C=O) groups excluding carboxylic acids is 1. The topological polar surface area (TPSA) is 32.9 Å². The van der Waals surface area contributed by atoms with E-state index in [1.54, 1.807) is 0 Å². The molecule has 0 bridgehead atoms. The van der Waals surface area contributed by atoms with E-state index in [2.05, 4.69) is 4.98 Å². The number of hydrogen-bond donors (Lipinski definition) is 1. The van der Waals surface area contributed by atoms with Gasteiger partial charge in [0.25, 0.3) is 0 Å². The zero-order chi connectivity index (χ0) is 7.68. The van der Waals surface area contributed by atoms with Crippen molar-refractivity contribution in [1.82, 2.24) is 4.98 Å². The monoisotopic (exact) mass is 181 g/mol. The number of hydrogen-bond acceptors (Lipinski definition) is 1. The smallest absolute Gasteiger partial charge is 0.150 e. The van der Waals surface area contributed by atoms with E-state index < -0.39 is 0 Å². The van der Waals surface area contributed by atoms with Crippen LogP contribution in [-0.4, -0.2) is 11.3 Å². The zero-order valence-electron chi connectivity index (χ0n) is 6.28. The second kappa shape index (κ2) is 3.41. The summed E-state index contributed by atoms with van der Waals surface area (Å²) in [5, 5.41) is 1.13. The van der Waals surface area contributed by atoms with Crippen LogP contribution in [0.15, 0.2) is 30.5 Å². The molecule has 0 fully saturated rings. The van der Waals surface area contributed by atoms with Crippen LogP contribution in [0.2, 0.25) is 0 Å². The highest BCUT2D eigenvalue weighted by Gasteiger charge is 1.94. The molecule has 0 saturated carbocycles. The summed E-state index contributed by atoms with van der Waals surface area (Å²) >= 11 is 0. The van der Waals surface area contributed by atoms with Gasteiger partial charge in [0, 0.05) is 17.3 Å². The summed E-state index contributed by atoms with van der Waals surface area (Å²) < 4.78 is 0.